The molecule has 0 aromatic carbocycles. The third-order valence-electron chi connectivity index (χ3n) is 2.48. The average molecular weight is 321 g/mol. The summed E-state index contributed by atoms with van der Waals surface area (Å²) in [7, 11) is 0. The van der Waals surface area contributed by atoms with E-state index >= 15 is 0 Å². The van der Waals surface area contributed by atoms with Gasteiger partial charge in [0.1, 0.15) is 11.6 Å². The molecule has 0 rings (SSSR count). The van der Waals surface area contributed by atoms with E-state index in [1.54, 1.807) is 27.7 Å². The van der Waals surface area contributed by atoms with E-state index in [0.717, 1.165) is 0 Å². The van der Waals surface area contributed by atoms with Crippen LogP contribution >= 0.6 is 0 Å². The lowest BCUT2D eigenvalue weighted by molar-refractivity contribution is -0.137. The minimum Gasteiger partial charge on any atom is -0.463 e. The quantitative estimate of drug-likeness (QED) is 0.602. The van der Waals surface area contributed by atoms with E-state index in [1.807, 2.05) is 0 Å². The number of alkyl carbamates (subject to hydrolysis) is 1. The fourth-order valence-corrected chi connectivity index (χ4v) is 1.62. The fourth-order valence-electron chi connectivity index (χ4n) is 1.62. The maximum atomic E-state index is 14.2. The van der Waals surface area contributed by atoms with E-state index in [4.69, 9.17) is 4.74 Å². The van der Waals surface area contributed by atoms with Gasteiger partial charge in [0.15, 0.2) is 0 Å². The minimum atomic E-state index is -3.42. The summed E-state index contributed by atoms with van der Waals surface area (Å²) in [6.45, 7) is 9.65. The first-order chi connectivity index (χ1) is 9.89. The first-order valence-corrected chi connectivity index (χ1v) is 7.12. The van der Waals surface area contributed by atoms with Gasteiger partial charge in [0.2, 0.25) is 0 Å². The number of amides is 1. The highest BCUT2D eigenvalue weighted by Gasteiger charge is 2.41. The van der Waals surface area contributed by atoms with Crippen LogP contribution in [0.5, 0.6) is 0 Å². The molecule has 0 spiro atoms. The third kappa shape index (κ3) is 7.95. The molecule has 1 unspecified atom stereocenters. The molecule has 0 radical (unpaired) electrons. The zero-order valence-electron chi connectivity index (χ0n) is 13.9. The third-order valence-corrected chi connectivity index (χ3v) is 2.48. The van der Waals surface area contributed by atoms with Crippen LogP contribution < -0.4 is 5.32 Å². The molecule has 0 aliphatic heterocycles. The molecule has 1 atom stereocenters. The van der Waals surface area contributed by atoms with E-state index < -0.39 is 35.5 Å². The van der Waals surface area contributed by atoms with E-state index in [0.29, 0.717) is 12.2 Å². The van der Waals surface area contributed by atoms with Crippen LogP contribution in [0.15, 0.2) is 12.2 Å². The largest absolute Gasteiger partial charge is 0.463 e. The molecule has 0 fully saturated rings. The van der Waals surface area contributed by atoms with Crippen molar-refractivity contribution in [2.75, 3.05) is 6.61 Å². The lowest BCUT2D eigenvalue weighted by Crippen LogP contribution is -2.51. The molecule has 0 saturated carbocycles. The molecule has 0 aliphatic rings. The Morgan fingerprint density at radius 1 is 1.23 bits per heavy atom. The predicted molar refractivity (Wildman–Crippen MR) is 78.7 cm³/mol. The first-order valence-electron chi connectivity index (χ1n) is 7.12. The van der Waals surface area contributed by atoms with Crippen LogP contribution in [0.2, 0.25) is 0 Å². The Bertz CT molecular complexity index is 414. The van der Waals surface area contributed by atoms with Crippen LogP contribution in [0.4, 0.5) is 13.6 Å². The number of halogens is 2. The molecular weight excluding hydrogens is 296 g/mol. The van der Waals surface area contributed by atoms with Gasteiger partial charge >= 0.3 is 12.1 Å². The van der Waals surface area contributed by atoms with Crippen molar-refractivity contribution in [3.63, 3.8) is 0 Å². The Morgan fingerprint density at radius 3 is 2.18 bits per heavy atom. The Kier molecular flexibility index (Phi) is 7.49. The summed E-state index contributed by atoms with van der Waals surface area (Å²) in [6.07, 6.45) is 0.165. The highest BCUT2D eigenvalue weighted by Crippen LogP contribution is 2.26. The van der Waals surface area contributed by atoms with Crippen LogP contribution in [0.3, 0.4) is 0 Å². The lowest BCUT2D eigenvalue weighted by Gasteiger charge is -2.30. The van der Waals surface area contributed by atoms with Crippen LogP contribution in [-0.2, 0) is 14.3 Å². The maximum Gasteiger partial charge on any atom is 0.408 e. The van der Waals surface area contributed by atoms with Gasteiger partial charge in [-0.15, -0.1) is 0 Å². The van der Waals surface area contributed by atoms with Crippen molar-refractivity contribution in [2.45, 2.75) is 59.1 Å². The van der Waals surface area contributed by atoms with E-state index in [9.17, 15) is 18.4 Å². The molecule has 5 nitrogen and oxygen atoms in total. The molecule has 128 valence electrons. The van der Waals surface area contributed by atoms with Crippen molar-refractivity contribution in [2.24, 2.45) is 5.92 Å². The first kappa shape index (κ1) is 20.3. The SMILES string of the molecule is CCOC(=O)/C=C/C(F)(F)C(NC(=O)OC(C)(C)C)C(C)C. The highest BCUT2D eigenvalue weighted by atomic mass is 19.3. The average Bonchev–Trinajstić information content (AvgIpc) is 2.31. The molecule has 0 bridgehead atoms. The Hall–Kier alpha value is -1.66. The number of hydrogen-bond donors (Lipinski definition) is 1. The van der Waals surface area contributed by atoms with Gasteiger partial charge in [-0.25, -0.2) is 9.59 Å². The molecule has 0 saturated heterocycles. The molecule has 22 heavy (non-hydrogen) atoms. The Balaban J connectivity index is 4.99. The van der Waals surface area contributed by atoms with Gasteiger partial charge < -0.3 is 14.8 Å². The molecule has 1 N–H and O–H groups in total. The zero-order valence-corrected chi connectivity index (χ0v) is 13.9. The number of nitrogens with one attached hydrogen (secondary N) is 1. The molecule has 0 aromatic heterocycles. The number of hydrogen-bond acceptors (Lipinski definition) is 4. The Morgan fingerprint density at radius 2 is 1.77 bits per heavy atom. The maximum absolute atomic E-state index is 14.2. The normalized spacial score (nSPS) is 14.0. The van der Waals surface area contributed by atoms with Crippen molar-refractivity contribution in [1.29, 1.82) is 0 Å². The Labute approximate surface area is 130 Å². The molecule has 0 aliphatic carbocycles. The summed E-state index contributed by atoms with van der Waals surface area (Å²) in [5, 5.41) is 2.15. The summed E-state index contributed by atoms with van der Waals surface area (Å²) >= 11 is 0. The van der Waals surface area contributed by atoms with Crippen molar-refractivity contribution >= 4 is 12.1 Å². The van der Waals surface area contributed by atoms with Crippen LogP contribution in [0.25, 0.3) is 0 Å². The second-order valence-corrected chi connectivity index (χ2v) is 6.13. The summed E-state index contributed by atoms with van der Waals surface area (Å²) in [6, 6.07) is -1.51. The molecule has 0 heterocycles. The number of alkyl halides is 2. The number of esters is 1. The topological polar surface area (TPSA) is 64.6 Å². The monoisotopic (exact) mass is 321 g/mol. The van der Waals surface area contributed by atoms with Gasteiger partial charge in [-0.3, -0.25) is 0 Å². The standard InChI is InChI=1S/C15H25F2NO4/c1-7-21-11(19)8-9-15(16,17)12(10(2)3)18-13(20)22-14(4,5)6/h8-10,12H,7H2,1-6H3,(H,18,20)/b9-8+. The summed E-state index contributed by atoms with van der Waals surface area (Å²) in [5.74, 6) is -4.85. The molecule has 0 aromatic rings. The van der Waals surface area contributed by atoms with Crippen molar-refractivity contribution in [1.82, 2.24) is 5.32 Å². The van der Waals surface area contributed by atoms with Crippen LogP contribution in [-0.4, -0.2) is 36.2 Å². The van der Waals surface area contributed by atoms with Gasteiger partial charge in [0.25, 0.3) is 5.92 Å². The van der Waals surface area contributed by atoms with E-state index in [1.165, 1.54) is 13.8 Å². The summed E-state index contributed by atoms with van der Waals surface area (Å²) < 4.78 is 37.9. The second kappa shape index (κ2) is 8.10. The van der Waals surface area contributed by atoms with E-state index in [2.05, 4.69) is 10.1 Å². The smallest absolute Gasteiger partial charge is 0.408 e. The summed E-state index contributed by atoms with van der Waals surface area (Å²) in [4.78, 5) is 22.8. The number of carbonyl (C=O) groups is 2. The number of ether oxygens (including phenoxy) is 2. The van der Waals surface area contributed by atoms with Gasteiger partial charge in [0.05, 0.1) is 6.61 Å². The summed E-state index contributed by atoms with van der Waals surface area (Å²) in [5.41, 5.74) is -0.790. The van der Waals surface area contributed by atoms with Gasteiger partial charge in [0, 0.05) is 6.08 Å². The van der Waals surface area contributed by atoms with Crippen LogP contribution in [0, 0.1) is 5.92 Å². The van der Waals surface area contributed by atoms with Gasteiger partial charge in [-0.2, -0.15) is 8.78 Å². The molecule has 1 amide bonds. The van der Waals surface area contributed by atoms with Crippen molar-refractivity contribution in [3.8, 4) is 0 Å². The van der Waals surface area contributed by atoms with Crippen LogP contribution in [0.1, 0.15) is 41.5 Å². The highest BCUT2D eigenvalue weighted by molar-refractivity contribution is 5.82. The fraction of sp³-hybridized carbons (Fsp3) is 0.733. The molecular formula is C15H25F2NO4. The van der Waals surface area contributed by atoms with Crippen molar-refractivity contribution < 1.29 is 27.8 Å². The lowest BCUT2D eigenvalue weighted by atomic mass is 9.97. The van der Waals surface area contributed by atoms with E-state index in [-0.39, 0.29) is 6.61 Å². The predicted octanol–water partition coefficient (Wildman–Crippen LogP) is 3.29. The van der Waals surface area contributed by atoms with Gasteiger partial charge in [-0.05, 0) is 39.7 Å². The van der Waals surface area contributed by atoms with Crippen molar-refractivity contribution in [3.05, 3.63) is 12.2 Å². The van der Waals surface area contributed by atoms with Gasteiger partial charge in [-0.1, -0.05) is 13.8 Å². The number of carbonyl (C=O) groups excluding carboxylic acids is 2. The minimum absolute atomic E-state index is 0.0957. The second-order valence-electron chi connectivity index (χ2n) is 6.13. The zero-order chi connectivity index (χ0) is 17.6. The number of rotatable bonds is 6. The molecule has 7 heteroatoms.